The molecule has 2 saturated heterocycles. The van der Waals surface area contributed by atoms with Gasteiger partial charge in [-0.05, 0) is 31.0 Å². The molecule has 3 heterocycles. The molecule has 8 heteroatoms. The lowest BCUT2D eigenvalue weighted by Crippen LogP contribution is -2.75. The number of fused-ring (bicyclic) bond motifs is 1. The number of benzene rings is 2. The first kappa shape index (κ1) is 22.8. The topological polar surface area (TPSA) is 99.5 Å². The van der Waals surface area contributed by atoms with Crippen LogP contribution in [0.5, 0.6) is 0 Å². The van der Waals surface area contributed by atoms with E-state index in [4.69, 9.17) is 5.73 Å². The third-order valence-electron chi connectivity index (χ3n) is 7.94. The van der Waals surface area contributed by atoms with Crippen molar-refractivity contribution in [3.63, 3.8) is 0 Å². The first-order valence-electron chi connectivity index (χ1n) is 12.0. The molecule has 2 amide bonds. The van der Waals surface area contributed by atoms with E-state index >= 15 is 4.39 Å². The highest BCUT2D eigenvalue weighted by atomic mass is 19.1. The van der Waals surface area contributed by atoms with Crippen LogP contribution >= 0.6 is 0 Å². The highest BCUT2D eigenvalue weighted by molar-refractivity contribution is 6.06. The molecular formula is C26H32FN5O2. The molecule has 7 nitrogen and oxygen atoms in total. The summed E-state index contributed by atoms with van der Waals surface area (Å²) < 4.78 is 15.7. The van der Waals surface area contributed by atoms with Crippen molar-refractivity contribution in [2.24, 2.45) is 11.7 Å². The molecule has 0 spiro atoms. The lowest BCUT2D eigenvalue weighted by atomic mass is 9.64. The standard InChI is InChI=1S/C26H32FN5O2/c1-3-29-19-11-7-10-17-20(25(34)31-22(17)19)23-26(2,32-13-16(14-32)24(28)33)21(18(27)12-30-23)15-8-5-4-6-9-15/h4-11,16,18,20-21,23,29-30H,3,12-14H2,1-2H3,(H2,28,33)(H,31,34). The number of nitrogens with two attached hydrogens (primary N) is 1. The van der Waals surface area contributed by atoms with E-state index in [1.165, 1.54) is 0 Å². The molecule has 0 aliphatic carbocycles. The molecule has 2 aromatic carbocycles. The summed E-state index contributed by atoms with van der Waals surface area (Å²) in [7, 11) is 0. The van der Waals surface area contributed by atoms with Crippen molar-refractivity contribution < 1.29 is 14.0 Å². The second-order valence-corrected chi connectivity index (χ2v) is 9.79. The molecule has 3 aliphatic rings. The van der Waals surface area contributed by atoms with Gasteiger partial charge in [-0.15, -0.1) is 0 Å². The van der Waals surface area contributed by atoms with Crippen molar-refractivity contribution in [2.75, 3.05) is 36.8 Å². The van der Waals surface area contributed by atoms with Gasteiger partial charge in [0.05, 0.1) is 23.2 Å². The Balaban J connectivity index is 1.60. The number of hydrogen-bond acceptors (Lipinski definition) is 5. The number of hydrogen-bond donors (Lipinski definition) is 4. The van der Waals surface area contributed by atoms with Gasteiger partial charge in [-0.3, -0.25) is 14.5 Å². The van der Waals surface area contributed by atoms with Crippen LogP contribution in [-0.4, -0.2) is 60.6 Å². The van der Waals surface area contributed by atoms with E-state index in [1.807, 2.05) is 62.4 Å². The molecule has 0 bridgehead atoms. The van der Waals surface area contributed by atoms with Gasteiger partial charge < -0.3 is 21.7 Å². The van der Waals surface area contributed by atoms with Gasteiger partial charge in [0.25, 0.3) is 0 Å². The highest BCUT2D eigenvalue weighted by Gasteiger charge is 2.60. The Morgan fingerprint density at radius 1 is 1.21 bits per heavy atom. The van der Waals surface area contributed by atoms with E-state index in [2.05, 4.69) is 20.9 Å². The maximum absolute atomic E-state index is 15.7. The summed E-state index contributed by atoms with van der Waals surface area (Å²) in [5, 5.41) is 9.80. The smallest absolute Gasteiger partial charge is 0.233 e. The number of piperidine rings is 1. The molecule has 3 aliphatic heterocycles. The molecule has 34 heavy (non-hydrogen) atoms. The number of alkyl halides is 1. The summed E-state index contributed by atoms with van der Waals surface area (Å²) in [6.07, 6.45) is -1.15. The quantitative estimate of drug-likeness (QED) is 0.525. The second kappa shape index (κ2) is 8.67. The zero-order valence-corrected chi connectivity index (χ0v) is 19.6. The number of carbonyl (C=O) groups excluding carboxylic acids is 2. The molecule has 0 radical (unpaired) electrons. The summed E-state index contributed by atoms with van der Waals surface area (Å²) in [6, 6.07) is 15.2. The fourth-order valence-electron chi connectivity index (χ4n) is 6.21. The van der Waals surface area contributed by atoms with Gasteiger partial charge in [0, 0.05) is 43.7 Å². The Kier molecular flexibility index (Phi) is 5.81. The molecule has 2 aromatic rings. The fraction of sp³-hybridized carbons (Fsp3) is 0.462. The zero-order valence-electron chi connectivity index (χ0n) is 19.6. The Morgan fingerprint density at radius 3 is 2.62 bits per heavy atom. The molecule has 5 N–H and O–H groups in total. The number of anilines is 2. The van der Waals surface area contributed by atoms with Gasteiger partial charge in [0.15, 0.2) is 0 Å². The Labute approximate surface area is 199 Å². The first-order valence-corrected chi connectivity index (χ1v) is 12.0. The Hall–Kier alpha value is -2.97. The summed E-state index contributed by atoms with van der Waals surface area (Å²) in [5.41, 5.74) is 8.28. The molecular weight excluding hydrogens is 433 g/mol. The number of amides is 2. The molecule has 5 rings (SSSR count). The van der Waals surface area contributed by atoms with Gasteiger partial charge in [0.1, 0.15) is 6.17 Å². The number of halogens is 1. The molecule has 0 saturated carbocycles. The SMILES string of the molecule is CCNc1cccc2c1NC(=O)C2C1NCC(F)C(c2ccccc2)C1(C)N1CC(C(N)=O)C1. The second-order valence-electron chi connectivity index (χ2n) is 9.79. The van der Waals surface area contributed by atoms with Gasteiger partial charge in [-0.25, -0.2) is 4.39 Å². The number of rotatable bonds is 6. The van der Waals surface area contributed by atoms with Crippen LogP contribution in [0.4, 0.5) is 15.8 Å². The van der Waals surface area contributed by atoms with Gasteiger partial charge >= 0.3 is 0 Å². The van der Waals surface area contributed by atoms with Crippen LogP contribution < -0.4 is 21.7 Å². The minimum Gasteiger partial charge on any atom is -0.384 e. The number of nitrogens with one attached hydrogen (secondary N) is 3. The van der Waals surface area contributed by atoms with Crippen LogP contribution in [0.1, 0.15) is 36.8 Å². The van der Waals surface area contributed by atoms with Gasteiger partial charge in [0.2, 0.25) is 11.8 Å². The summed E-state index contributed by atoms with van der Waals surface area (Å²) >= 11 is 0. The lowest BCUT2D eigenvalue weighted by molar-refractivity contribution is -0.137. The average Bonchev–Trinajstić information content (AvgIpc) is 3.10. The summed E-state index contributed by atoms with van der Waals surface area (Å²) in [5.74, 6) is -1.67. The van der Waals surface area contributed by atoms with Gasteiger partial charge in [-0.2, -0.15) is 0 Å². The van der Waals surface area contributed by atoms with Crippen molar-refractivity contribution in [2.45, 2.75) is 43.4 Å². The van der Waals surface area contributed by atoms with Crippen molar-refractivity contribution in [3.8, 4) is 0 Å². The lowest BCUT2D eigenvalue weighted by Gasteiger charge is -2.60. The normalized spacial score (nSPS) is 31.4. The number of nitrogens with zero attached hydrogens (tertiary/aromatic N) is 1. The van der Waals surface area contributed by atoms with Crippen LogP contribution in [0.2, 0.25) is 0 Å². The highest BCUT2D eigenvalue weighted by Crippen LogP contribution is 2.51. The first-order chi connectivity index (χ1) is 16.4. The maximum Gasteiger partial charge on any atom is 0.233 e. The van der Waals surface area contributed by atoms with Crippen molar-refractivity contribution >= 4 is 23.2 Å². The number of primary amides is 1. The van der Waals surface area contributed by atoms with Crippen LogP contribution in [0.25, 0.3) is 0 Å². The monoisotopic (exact) mass is 465 g/mol. The maximum atomic E-state index is 15.7. The van der Waals surface area contributed by atoms with Crippen molar-refractivity contribution in [3.05, 3.63) is 59.7 Å². The largest absolute Gasteiger partial charge is 0.384 e. The number of carbonyl (C=O) groups is 2. The van der Waals surface area contributed by atoms with Gasteiger partial charge in [-0.1, -0.05) is 42.5 Å². The minimum atomic E-state index is -1.15. The van der Waals surface area contributed by atoms with E-state index in [0.717, 1.165) is 29.0 Å². The predicted octanol–water partition coefficient (Wildman–Crippen LogP) is 2.42. The predicted molar refractivity (Wildman–Crippen MR) is 131 cm³/mol. The van der Waals surface area contributed by atoms with E-state index in [1.54, 1.807) is 0 Å². The number of para-hydroxylation sites is 1. The van der Waals surface area contributed by atoms with E-state index < -0.39 is 23.5 Å². The Morgan fingerprint density at radius 2 is 1.94 bits per heavy atom. The number of likely N-dealkylation sites (tertiary alicyclic amines) is 1. The van der Waals surface area contributed by atoms with Crippen LogP contribution in [-0.2, 0) is 9.59 Å². The van der Waals surface area contributed by atoms with Crippen LogP contribution in [0.15, 0.2) is 48.5 Å². The molecule has 180 valence electrons. The molecule has 5 unspecified atom stereocenters. The van der Waals surface area contributed by atoms with Crippen LogP contribution in [0.3, 0.4) is 0 Å². The zero-order chi connectivity index (χ0) is 24.0. The molecule has 2 fully saturated rings. The summed E-state index contributed by atoms with van der Waals surface area (Å²) in [4.78, 5) is 27.4. The third kappa shape index (κ3) is 3.47. The van der Waals surface area contributed by atoms with Crippen molar-refractivity contribution in [1.29, 1.82) is 0 Å². The average molecular weight is 466 g/mol. The fourth-order valence-corrected chi connectivity index (χ4v) is 6.21. The van der Waals surface area contributed by atoms with Crippen LogP contribution in [0, 0.1) is 5.92 Å². The van der Waals surface area contributed by atoms with Crippen molar-refractivity contribution in [1.82, 2.24) is 10.2 Å². The third-order valence-corrected chi connectivity index (χ3v) is 7.94. The van der Waals surface area contributed by atoms with E-state index in [9.17, 15) is 9.59 Å². The Bertz CT molecular complexity index is 1090. The summed E-state index contributed by atoms with van der Waals surface area (Å²) in [6.45, 7) is 5.84. The minimum absolute atomic E-state index is 0.0971. The molecule has 0 aromatic heterocycles. The van der Waals surface area contributed by atoms with E-state index in [0.29, 0.717) is 13.1 Å². The molecule has 5 atom stereocenters. The van der Waals surface area contributed by atoms with E-state index in [-0.39, 0.29) is 30.3 Å².